The van der Waals surface area contributed by atoms with Crippen LogP contribution in [0.4, 0.5) is 0 Å². The minimum Gasteiger partial charge on any atom is -0.469 e. The van der Waals surface area contributed by atoms with Crippen LogP contribution in [-0.4, -0.2) is 13.1 Å². The first kappa shape index (κ1) is 14.2. The van der Waals surface area contributed by atoms with Gasteiger partial charge in [0.1, 0.15) is 0 Å². The van der Waals surface area contributed by atoms with Crippen LogP contribution in [-0.2, 0) is 22.5 Å². The number of methoxy groups -OCH3 is 1. The van der Waals surface area contributed by atoms with Crippen LogP contribution < -0.4 is 5.32 Å². The van der Waals surface area contributed by atoms with Crippen molar-refractivity contribution in [2.45, 2.75) is 25.9 Å². The van der Waals surface area contributed by atoms with Crippen LogP contribution in [0.2, 0.25) is 0 Å². The lowest BCUT2D eigenvalue weighted by molar-refractivity contribution is -0.139. The summed E-state index contributed by atoms with van der Waals surface area (Å²) in [7, 11) is 1.42. The number of carbonyl (C=O) groups is 1. The van der Waals surface area contributed by atoms with Crippen molar-refractivity contribution in [2.24, 2.45) is 0 Å². The quantitative estimate of drug-likeness (QED) is 0.830. The molecule has 1 N–H and O–H groups in total. The van der Waals surface area contributed by atoms with E-state index in [1.807, 2.05) is 6.07 Å². The maximum atomic E-state index is 11.2. The molecule has 19 heavy (non-hydrogen) atoms. The highest BCUT2D eigenvalue weighted by molar-refractivity contribution is 7.12. The molecule has 0 spiro atoms. The fraction of sp³-hybridized carbons (Fsp3) is 0.357. The van der Waals surface area contributed by atoms with Gasteiger partial charge in [-0.2, -0.15) is 0 Å². The standard InChI is InChI=1S/C14H17NO2S2/c1-10(13-4-3-7-18-13)15-9-12-6-5-11(19-12)8-14(16)17-2/h3-7,10,15H,8-9H2,1-2H3/t10-/m1/s1. The molecule has 0 saturated heterocycles. The molecular weight excluding hydrogens is 278 g/mol. The zero-order valence-electron chi connectivity index (χ0n) is 11.0. The number of hydrogen-bond donors (Lipinski definition) is 1. The number of hydrogen-bond acceptors (Lipinski definition) is 5. The molecule has 0 amide bonds. The zero-order valence-corrected chi connectivity index (χ0v) is 12.6. The molecule has 0 unspecified atom stereocenters. The van der Waals surface area contributed by atoms with E-state index in [4.69, 9.17) is 0 Å². The Morgan fingerprint density at radius 1 is 1.37 bits per heavy atom. The predicted octanol–water partition coefficient (Wildman–Crippen LogP) is 3.38. The van der Waals surface area contributed by atoms with Gasteiger partial charge in [-0.3, -0.25) is 4.79 Å². The maximum absolute atomic E-state index is 11.2. The number of esters is 1. The second kappa shape index (κ2) is 6.84. The predicted molar refractivity (Wildman–Crippen MR) is 79.6 cm³/mol. The van der Waals surface area contributed by atoms with Crippen molar-refractivity contribution in [1.82, 2.24) is 5.32 Å². The summed E-state index contributed by atoms with van der Waals surface area (Å²) in [5.74, 6) is -0.187. The number of rotatable bonds is 6. The lowest BCUT2D eigenvalue weighted by Crippen LogP contribution is -2.16. The molecule has 0 saturated carbocycles. The molecule has 1 atom stereocenters. The Morgan fingerprint density at radius 2 is 2.16 bits per heavy atom. The fourth-order valence-electron chi connectivity index (χ4n) is 1.72. The molecule has 102 valence electrons. The summed E-state index contributed by atoms with van der Waals surface area (Å²) in [5.41, 5.74) is 0. The molecular formula is C14H17NO2S2. The average molecular weight is 295 g/mol. The van der Waals surface area contributed by atoms with Crippen molar-refractivity contribution >= 4 is 28.6 Å². The topological polar surface area (TPSA) is 38.3 Å². The average Bonchev–Trinajstić information content (AvgIpc) is 3.07. The normalized spacial score (nSPS) is 12.3. The Morgan fingerprint density at radius 3 is 2.84 bits per heavy atom. The van der Waals surface area contributed by atoms with E-state index in [1.54, 1.807) is 22.7 Å². The number of thiophene rings is 2. The Hall–Kier alpha value is -1.17. The van der Waals surface area contributed by atoms with Gasteiger partial charge in [0.25, 0.3) is 0 Å². The number of carbonyl (C=O) groups excluding carboxylic acids is 1. The van der Waals surface area contributed by atoms with Gasteiger partial charge in [-0.15, -0.1) is 22.7 Å². The van der Waals surface area contributed by atoms with Gasteiger partial charge in [0, 0.05) is 27.2 Å². The van der Waals surface area contributed by atoms with Gasteiger partial charge in [-0.1, -0.05) is 6.07 Å². The maximum Gasteiger partial charge on any atom is 0.310 e. The molecule has 0 bridgehead atoms. The molecule has 0 aliphatic carbocycles. The minimum atomic E-state index is -0.187. The summed E-state index contributed by atoms with van der Waals surface area (Å²) in [6.07, 6.45) is 0.363. The van der Waals surface area contributed by atoms with E-state index in [1.165, 1.54) is 16.9 Å². The summed E-state index contributed by atoms with van der Waals surface area (Å²) < 4.78 is 4.66. The molecule has 0 radical (unpaired) electrons. The van der Waals surface area contributed by atoms with Crippen LogP contribution in [0.5, 0.6) is 0 Å². The van der Waals surface area contributed by atoms with Crippen LogP contribution in [0.3, 0.4) is 0 Å². The molecule has 3 nitrogen and oxygen atoms in total. The number of ether oxygens (including phenoxy) is 1. The second-order valence-corrected chi connectivity index (χ2v) is 6.47. The molecule has 2 heterocycles. The lowest BCUT2D eigenvalue weighted by atomic mass is 10.2. The molecule has 2 aromatic heterocycles. The van der Waals surface area contributed by atoms with Gasteiger partial charge < -0.3 is 10.1 Å². The molecule has 0 aliphatic heterocycles. The number of nitrogens with one attached hydrogen (secondary N) is 1. The van der Waals surface area contributed by atoms with Crippen LogP contribution in [0.15, 0.2) is 29.6 Å². The molecule has 0 fully saturated rings. The fourth-order valence-corrected chi connectivity index (χ4v) is 3.43. The lowest BCUT2D eigenvalue weighted by Gasteiger charge is -2.10. The third kappa shape index (κ3) is 4.16. The van der Waals surface area contributed by atoms with Crippen molar-refractivity contribution in [2.75, 3.05) is 7.11 Å². The van der Waals surface area contributed by atoms with Gasteiger partial charge in [-0.25, -0.2) is 0 Å². The van der Waals surface area contributed by atoms with Crippen LogP contribution in [0, 0.1) is 0 Å². The summed E-state index contributed by atoms with van der Waals surface area (Å²) in [6, 6.07) is 8.62. The highest BCUT2D eigenvalue weighted by atomic mass is 32.1. The van der Waals surface area contributed by atoms with Crippen LogP contribution >= 0.6 is 22.7 Å². The molecule has 2 aromatic rings. The Bertz CT molecular complexity index is 519. The van der Waals surface area contributed by atoms with E-state index in [0.29, 0.717) is 12.5 Å². The first-order valence-electron chi connectivity index (χ1n) is 6.10. The largest absolute Gasteiger partial charge is 0.469 e. The smallest absolute Gasteiger partial charge is 0.310 e. The minimum absolute atomic E-state index is 0.187. The van der Waals surface area contributed by atoms with Gasteiger partial charge in [0.15, 0.2) is 0 Å². The monoisotopic (exact) mass is 295 g/mol. The van der Waals surface area contributed by atoms with E-state index < -0.39 is 0 Å². The summed E-state index contributed by atoms with van der Waals surface area (Å²) >= 11 is 3.42. The highest BCUT2D eigenvalue weighted by Gasteiger charge is 2.08. The first-order valence-corrected chi connectivity index (χ1v) is 7.80. The van der Waals surface area contributed by atoms with E-state index >= 15 is 0 Å². The van der Waals surface area contributed by atoms with E-state index in [0.717, 1.165) is 11.4 Å². The Kier molecular flexibility index (Phi) is 5.13. The van der Waals surface area contributed by atoms with Gasteiger partial charge in [-0.05, 0) is 30.5 Å². The SMILES string of the molecule is COC(=O)Cc1ccc(CN[C@H](C)c2cccs2)s1. The summed E-state index contributed by atoms with van der Waals surface area (Å²) in [4.78, 5) is 14.8. The molecule has 2 rings (SSSR count). The van der Waals surface area contributed by atoms with E-state index in [9.17, 15) is 4.79 Å². The Labute approximate surface area is 121 Å². The molecule has 0 aliphatic rings. The third-order valence-corrected chi connectivity index (χ3v) is 4.96. The summed E-state index contributed by atoms with van der Waals surface area (Å²) in [5, 5.41) is 5.58. The highest BCUT2D eigenvalue weighted by Crippen LogP contribution is 2.21. The van der Waals surface area contributed by atoms with E-state index in [-0.39, 0.29) is 5.97 Å². The zero-order chi connectivity index (χ0) is 13.7. The summed E-state index contributed by atoms with van der Waals surface area (Å²) in [6.45, 7) is 2.99. The van der Waals surface area contributed by atoms with Crippen molar-refractivity contribution in [1.29, 1.82) is 0 Å². The van der Waals surface area contributed by atoms with Gasteiger partial charge >= 0.3 is 5.97 Å². The van der Waals surface area contributed by atoms with Crippen LogP contribution in [0.1, 0.15) is 27.6 Å². The third-order valence-electron chi connectivity index (χ3n) is 2.82. The van der Waals surface area contributed by atoms with Gasteiger partial charge in [0.2, 0.25) is 0 Å². The van der Waals surface area contributed by atoms with E-state index in [2.05, 4.69) is 40.6 Å². The Balaban J connectivity index is 1.85. The molecule has 5 heteroatoms. The van der Waals surface area contributed by atoms with Crippen molar-refractivity contribution in [3.8, 4) is 0 Å². The van der Waals surface area contributed by atoms with Crippen LogP contribution in [0.25, 0.3) is 0 Å². The second-order valence-electron chi connectivity index (χ2n) is 4.24. The first-order chi connectivity index (χ1) is 9.19. The van der Waals surface area contributed by atoms with Crippen molar-refractivity contribution < 1.29 is 9.53 Å². The molecule has 0 aromatic carbocycles. The van der Waals surface area contributed by atoms with Gasteiger partial charge in [0.05, 0.1) is 13.5 Å². The van der Waals surface area contributed by atoms with Crippen molar-refractivity contribution in [3.63, 3.8) is 0 Å². The van der Waals surface area contributed by atoms with Crippen molar-refractivity contribution in [3.05, 3.63) is 44.3 Å².